The number of guanidine groups is 1. The average molecular weight is 269 g/mol. The second kappa shape index (κ2) is 5.33. The van der Waals surface area contributed by atoms with E-state index in [1.165, 1.54) is 6.07 Å². The molecule has 0 amide bonds. The molecule has 4 heteroatoms. The molecule has 2 aromatic rings. The Bertz CT molecular complexity index is 625. The number of hydrogen-bond acceptors (Lipinski definition) is 3. The maximum atomic E-state index is 14.0. The van der Waals surface area contributed by atoms with Gasteiger partial charge in [-0.25, -0.2) is 4.39 Å². The number of hydrogen-bond donors (Lipinski definition) is 1. The van der Waals surface area contributed by atoms with E-state index in [1.54, 1.807) is 12.1 Å². The Labute approximate surface area is 117 Å². The number of nitrogens with two attached hydrogens (primary N) is 1. The predicted molar refractivity (Wildman–Crippen MR) is 77.6 cm³/mol. The van der Waals surface area contributed by atoms with E-state index in [0.29, 0.717) is 24.6 Å². The minimum absolute atomic E-state index is 0.128. The maximum absolute atomic E-state index is 14.0. The molecule has 1 aliphatic rings. The highest BCUT2D eigenvalue weighted by atomic mass is 19.1. The smallest absolute Gasteiger partial charge is 0.192 e. The lowest BCUT2D eigenvalue weighted by Crippen LogP contribution is -2.35. The first-order chi connectivity index (χ1) is 9.75. The third kappa shape index (κ3) is 2.37. The average Bonchev–Trinajstić information content (AvgIpc) is 2.82. The first-order valence-electron chi connectivity index (χ1n) is 6.60. The molecule has 1 aliphatic heterocycles. The van der Waals surface area contributed by atoms with Crippen molar-refractivity contribution in [2.75, 3.05) is 6.54 Å². The number of nitrogens with zero attached hydrogens (tertiary/aromatic N) is 2. The van der Waals surface area contributed by atoms with Crippen molar-refractivity contribution in [1.29, 1.82) is 0 Å². The van der Waals surface area contributed by atoms with Crippen LogP contribution in [-0.4, -0.2) is 17.4 Å². The Morgan fingerprint density at radius 3 is 2.55 bits per heavy atom. The number of benzene rings is 2. The fourth-order valence-corrected chi connectivity index (χ4v) is 2.51. The number of aliphatic imine (C=N–C) groups is 1. The Balaban J connectivity index is 1.87. The summed E-state index contributed by atoms with van der Waals surface area (Å²) in [5.74, 6) is 0.266. The summed E-state index contributed by atoms with van der Waals surface area (Å²) in [4.78, 5) is 6.22. The summed E-state index contributed by atoms with van der Waals surface area (Å²) in [6.07, 6.45) is 0. The number of halogens is 1. The molecule has 1 heterocycles. The zero-order valence-electron chi connectivity index (χ0n) is 11.0. The van der Waals surface area contributed by atoms with Crippen molar-refractivity contribution in [2.24, 2.45) is 10.7 Å². The van der Waals surface area contributed by atoms with Crippen molar-refractivity contribution in [3.63, 3.8) is 0 Å². The SMILES string of the molecule is NC1=NCC(c2ccccc2F)N1Cc1ccccc1. The molecule has 0 radical (unpaired) electrons. The van der Waals surface area contributed by atoms with Gasteiger partial charge in [0.1, 0.15) is 5.82 Å². The van der Waals surface area contributed by atoms with Crippen LogP contribution in [0.15, 0.2) is 59.6 Å². The summed E-state index contributed by atoms with van der Waals surface area (Å²) in [6, 6.07) is 16.7. The normalized spacial score (nSPS) is 18.1. The van der Waals surface area contributed by atoms with Crippen LogP contribution >= 0.6 is 0 Å². The molecule has 0 aromatic heterocycles. The van der Waals surface area contributed by atoms with Crippen molar-refractivity contribution < 1.29 is 4.39 Å². The van der Waals surface area contributed by atoms with Crippen LogP contribution in [0, 0.1) is 5.82 Å². The molecule has 1 unspecified atom stereocenters. The van der Waals surface area contributed by atoms with Gasteiger partial charge in [-0.2, -0.15) is 0 Å². The summed E-state index contributed by atoms with van der Waals surface area (Å²) in [6.45, 7) is 1.13. The minimum Gasteiger partial charge on any atom is -0.370 e. The molecule has 0 fully saturated rings. The highest BCUT2D eigenvalue weighted by Gasteiger charge is 2.29. The molecule has 3 nitrogen and oxygen atoms in total. The minimum atomic E-state index is -0.208. The van der Waals surface area contributed by atoms with Gasteiger partial charge in [0.25, 0.3) is 0 Å². The molecule has 2 N–H and O–H groups in total. The summed E-state index contributed by atoms with van der Waals surface area (Å²) in [5, 5.41) is 0. The largest absolute Gasteiger partial charge is 0.370 e. The Morgan fingerprint density at radius 1 is 1.10 bits per heavy atom. The molecule has 3 rings (SSSR count). The van der Waals surface area contributed by atoms with Crippen LogP contribution in [0.3, 0.4) is 0 Å². The van der Waals surface area contributed by atoms with Crippen molar-refractivity contribution in [1.82, 2.24) is 4.90 Å². The maximum Gasteiger partial charge on any atom is 0.192 e. The van der Waals surface area contributed by atoms with Crippen LogP contribution in [0.2, 0.25) is 0 Å². The second-order valence-electron chi connectivity index (χ2n) is 4.85. The van der Waals surface area contributed by atoms with E-state index in [4.69, 9.17) is 5.73 Å². The third-order valence-electron chi connectivity index (χ3n) is 3.56. The van der Waals surface area contributed by atoms with Gasteiger partial charge >= 0.3 is 0 Å². The van der Waals surface area contributed by atoms with Gasteiger partial charge in [0.2, 0.25) is 0 Å². The van der Waals surface area contributed by atoms with Gasteiger partial charge in [-0.05, 0) is 11.6 Å². The monoisotopic (exact) mass is 269 g/mol. The lowest BCUT2D eigenvalue weighted by molar-refractivity contribution is 0.332. The predicted octanol–water partition coefficient (Wildman–Crippen LogP) is 2.70. The first-order valence-corrected chi connectivity index (χ1v) is 6.60. The Morgan fingerprint density at radius 2 is 1.80 bits per heavy atom. The molecule has 20 heavy (non-hydrogen) atoms. The van der Waals surface area contributed by atoms with Crippen molar-refractivity contribution in [3.8, 4) is 0 Å². The van der Waals surface area contributed by atoms with Crippen LogP contribution < -0.4 is 5.73 Å². The van der Waals surface area contributed by atoms with Gasteiger partial charge < -0.3 is 10.6 Å². The molecule has 0 saturated heterocycles. The third-order valence-corrected chi connectivity index (χ3v) is 3.56. The van der Waals surface area contributed by atoms with Gasteiger partial charge in [-0.15, -0.1) is 0 Å². The van der Waals surface area contributed by atoms with Gasteiger partial charge in [0.05, 0.1) is 12.6 Å². The Hall–Kier alpha value is -2.36. The molecule has 2 aromatic carbocycles. The van der Waals surface area contributed by atoms with Crippen LogP contribution in [-0.2, 0) is 6.54 Å². The number of rotatable bonds is 3. The van der Waals surface area contributed by atoms with E-state index in [0.717, 1.165) is 5.56 Å². The Kier molecular flexibility index (Phi) is 3.37. The summed E-state index contributed by atoms with van der Waals surface area (Å²) in [5.41, 5.74) is 7.74. The molecule has 102 valence electrons. The topological polar surface area (TPSA) is 41.6 Å². The lowest BCUT2D eigenvalue weighted by atomic mass is 10.0. The second-order valence-corrected chi connectivity index (χ2v) is 4.85. The van der Waals surface area contributed by atoms with E-state index < -0.39 is 0 Å². The molecule has 0 bridgehead atoms. The quantitative estimate of drug-likeness (QED) is 0.930. The fraction of sp³-hybridized carbons (Fsp3) is 0.188. The standard InChI is InChI=1S/C16H16FN3/c17-14-9-5-4-8-13(14)15-10-19-16(18)20(15)11-12-6-2-1-3-7-12/h1-9,15H,10-11H2,(H2,18,19). The summed E-state index contributed by atoms with van der Waals surface area (Å²) in [7, 11) is 0. The van der Waals surface area contributed by atoms with Crippen LogP contribution in [0.4, 0.5) is 4.39 Å². The van der Waals surface area contributed by atoms with Gasteiger partial charge in [0, 0.05) is 12.1 Å². The van der Waals surface area contributed by atoms with E-state index in [1.807, 2.05) is 41.3 Å². The zero-order valence-corrected chi connectivity index (χ0v) is 11.0. The van der Waals surface area contributed by atoms with Crippen LogP contribution in [0.5, 0.6) is 0 Å². The van der Waals surface area contributed by atoms with Crippen molar-refractivity contribution >= 4 is 5.96 Å². The van der Waals surface area contributed by atoms with Crippen LogP contribution in [0.1, 0.15) is 17.2 Å². The molecule has 0 spiro atoms. The molecule has 0 aliphatic carbocycles. The highest BCUT2D eigenvalue weighted by molar-refractivity contribution is 5.80. The van der Waals surface area contributed by atoms with E-state index in [2.05, 4.69) is 4.99 Å². The van der Waals surface area contributed by atoms with E-state index in [9.17, 15) is 4.39 Å². The van der Waals surface area contributed by atoms with Crippen molar-refractivity contribution in [2.45, 2.75) is 12.6 Å². The summed E-state index contributed by atoms with van der Waals surface area (Å²) < 4.78 is 14.0. The molecular weight excluding hydrogens is 253 g/mol. The molecule has 1 atom stereocenters. The zero-order chi connectivity index (χ0) is 13.9. The van der Waals surface area contributed by atoms with Gasteiger partial charge in [0.15, 0.2) is 5.96 Å². The summed E-state index contributed by atoms with van der Waals surface area (Å²) >= 11 is 0. The first kappa shape index (κ1) is 12.7. The molecular formula is C16H16FN3. The van der Waals surface area contributed by atoms with Gasteiger partial charge in [-0.1, -0.05) is 48.5 Å². The van der Waals surface area contributed by atoms with E-state index in [-0.39, 0.29) is 11.9 Å². The fourth-order valence-electron chi connectivity index (χ4n) is 2.51. The van der Waals surface area contributed by atoms with Gasteiger partial charge in [-0.3, -0.25) is 4.99 Å². The molecule has 0 saturated carbocycles. The van der Waals surface area contributed by atoms with Crippen LogP contribution in [0.25, 0.3) is 0 Å². The lowest BCUT2D eigenvalue weighted by Gasteiger charge is -2.27. The van der Waals surface area contributed by atoms with E-state index >= 15 is 0 Å². The van der Waals surface area contributed by atoms with Crippen molar-refractivity contribution in [3.05, 3.63) is 71.5 Å². The highest BCUT2D eigenvalue weighted by Crippen LogP contribution is 2.28.